The molecule has 0 saturated heterocycles. The second-order valence-electron chi connectivity index (χ2n) is 4.33. The lowest BCUT2D eigenvalue weighted by atomic mass is 10.2. The summed E-state index contributed by atoms with van der Waals surface area (Å²) in [5.41, 5.74) is 7.44. The summed E-state index contributed by atoms with van der Waals surface area (Å²) in [6, 6.07) is 15.2. The van der Waals surface area contributed by atoms with Crippen LogP contribution in [0.1, 0.15) is 5.56 Å². The predicted octanol–water partition coefficient (Wildman–Crippen LogP) is 2.87. The fourth-order valence-corrected chi connectivity index (χ4v) is 1.78. The Morgan fingerprint density at radius 1 is 0.950 bits per heavy atom. The monoisotopic (exact) mass is 273 g/mol. The van der Waals surface area contributed by atoms with Crippen LogP contribution in [0.2, 0.25) is 0 Å². The van der Waals surface area contributed by atoms with E-state index in [-0.39, 0.29) is 0 Å². The lowest BCUT2D eigenvalue weighted by molar-refractivity contribution is 0.0888. The van der Waals surface area contributed by atoms with E-state index in [2.05, 4.69) is 0 Å². The van der Waals surface area contributed by atoms with Gasteiger partial charge in [-0.15, -0.1) is 0 Å². The van der Waals surface area contributed by atoms with Gasteiger partial charge in [-0.2, -0.15) is 0 Å². The second-order valence-corrected chi connectivity index (χ2v) is 4.33. The van der Waals surface area contributed by atoms with Gasteiger partial charge in [0.2, 0.25) is 0 Å². The van der Waals surface area contributed by atoms with Crippen molar-refractivity contribution in [2.75, 3.05) is 26.1 Å². The van der Waals surface area contributed by atoms with Gasteiger partial charge in [0.25, 0.3) is 0 Å². The molecule has 2 aromatic carbocycles. The van der Waals surface area contributed by atoms with Crippen molar-refractivity contribution < 1.29 is 14.2 Å². The highest BCUT2D eigenvalue weighted by atomic mass is 16.5. The molecular weight excluding hydrogens is 254 g/mol. The van der Waals surface area contributed by atoms with E-state index < -0.39 is 0 Å². The average Bonchev–Trinajstić information content (AvgIpc) is 2.47. The summed E-state index contributed by atoms with van der Waals surface area (Å²) >= 11 is 0. The minimum absolute atomic E-state index is 0.493. The van der Waals surface area contributed by atoms with Gasteiger partial charge in [-0.05, 0) is 29.8 Å². The largest absolute Gasteiger partial charge is 0.497 e. The van der Waals surface area contributed by atoms with Crippen molar-refractivity contribution in [1.82, 2.24) is 0 Å². The Labute approximate surface area is 119 Å². The first kappa shape index (κ1) is 14.2. The van der Waals surface area contributed by atoms with Gasteiger partial charge < -0.3 is 19.9 Å². The fraction of sp³-hybridized carbons (Fsp3) is 0.250. The molecule has 0 aromatic heterocycles. The molecule has 106 valence electrons. The van der Waals surface area contributed by atoms with Gasteiger partial charge in [0.15, 0.2) is 0 Å². The van der Waals surface area contributed by atoms with Crippen molar-refractivity contribution >= 4 is 5.69 Å². The number of benzene rings is 2. The molecule has 2 N–H and O–H groups in total. The van der Waals surface area contributed by atoms with Crippen LogP contribution in [0, 0.1) is 0 Å². The molecule has 0 saturated carbocycles. The van der Waals surface area contributed by atoms with E-state index in [4.69, 9.17) is 19.9 Å². The third kappa shape index (κ3) is 4.48. The number of nitrogen functional groups attached to an aromatic ring is 1. The van der Waals surface area contributed by atoms with Crippen LogP contribution in [-0.4, -0.2) is 20.3 Å². The maximum absolute atomic E-state index is 5.67. The zero-order valence-electron chi connectivity index (χ0n) is 11.5. The molecule has 2 aromatic rings. The van der Waals surface area contributed by atoms with Crippen molar-refractivity contribution in [2.24, 2.45) is 0 Å². The molecule has 0 radical (unpaired) electrons. The van der Waals surface area contributed by atoms with Crippen molar-refractivity contribution in [3.05, 3.63) is 54.1 Å². The molecule has 0 aliphatic heterocycles. The van der Waals surface area contributed by atoms with Crippen LogP contribution >= 0.6 is 0 Å². The minimum atomic E-state index is 0.493. The van der Waals surface area contributed by atoms with Crippen LogP contribution in [0.25, 0.3) is 0 Å². The van der Waals surface area contributed by atoms with Crippen LogP contribution in [-0.2, 0) is 11.3 Å². The zero-order valence-corrected chi connectivity index (χ0v) is 11.5. The molecule has 0 unspecified atom stereocenters. The van der Waals surface area contributed by atoms with Gasteiger partial charge >= 0.3 is 0 Å². The van der Waals surface area contributed by atoms with Crippen molar-refractivity contribution in [1.29, 1.82) is 0 Å². The third-order valence-electron chi connectivity index (χ3n) is 2.76. The van der Waals surface area contributed by atoms with Gasteiger partial charge in [0, 0.05) is 11.8 Å². The van der Waals surface area contributed by atoms with E-state index in [1.54, 1.807) is 13.2 Å². The van der Waals surface area contributed by atoms with Gasteiger partial charge in [0.05, 0.1) is 20.3 Å². The van der Waals surface area contributed by atoms with Gasteiger partial charge in [-0.3, -0.25) is 0 Å². The SMILES string of the molecule is COc1cccc(COCCOc2cccc(N)c2)c1. The summed E-state index contributed by atoms with van der Waals surface area (Å²) in [6.45, 7) is 1.55. The van der Waals surface area contributed by atoms with Crippen LogP contribution < -0.4 is 15.2 Å². The number of rotatable bonds is 7. The molecule has 4 heteroatoms. The van der Waals surface area contributed by atoms with Gasteiger partial charge in [0.1, 0.15) is 18.1 Å². The molecule has 0 aliphatic rings. The maximum Gasteiger partial charge on any atom is 0.121 e. The molecule has 20 heavy (non-hydrogen) atoms. The van der Waals surface area contributed by atoms with Crippen LogP contribution in [0.5, 0.6) is 11.5 Å². The molecule has 0 bridgehead atoms. The van der Waals surface area contributed by atoms with E-state index in [1.165, 1.54) is 0 Å². The van der Waals surface area contributed by atoms with E-state index in [9.17, 15) is 0 Å². The van der Waals surface area contributed by atoms with Crippen molar-refractivity contribution in [3.63, 3.8) is 0 Å². The molecule has 4 nitrogen and oxygen atoms in total. The number of anilines is 1. The lowest BCUT2D eigenvalue weighted by Gasteiger charge is -2.08. The molecule has 0 aliphatic carbocycles. The summed E-state index contributed by atoms with van der Waals surface area (Å²) in [5.74, 6) is 1.59. The number of ether oxygens (including phenoxy) is 3. The average molecular weight is 273 g/mol. The lowest BCUT2D eigenvalue weighted by Crippen LogP contribution is -2.06. The third-order valence-corrected chi connectivity index (χ3v) is 2.76. The molecule has 0 amide bonds. The van der Waals surface area contributed by atoms with Crippen molar-refractivity contribution in [3.8, 4) is 11.5 Å². The Kier molecular flexibility index (Phi) is 5.26. The Morgan fingerprint density at radius 3 is 2.55 bits per heavy atom. The van der Waals surface area contributed by atoms with Gasteiger partial charge in [-0.1, -0.05) is 18.2 Å². The van der Waals surface area contributed by atoms with Crippen LogP contribution in [0.3, 0.4) is 0 Å². The Balaban J connectivity index is 1.68. The number of methoxy groups -OCH3 is 1. The number of hydrogen-bond donors (Lipinski definition) is 1. The normalized spacial score (nSPS) is 10.2. The molecular formula is C16H19NO3. The summed E-state index contributed by atoms with van der Waals surface area (Å²) in [5, 5.41) is 0. The summed E-state index contributed by atoms with van der Waals surface area (Å²) < 4.78 is 16.3. The van der Waals surface area contributed by atoms with E-state index >= 15 is 0 Å². The Bertz CT molecular complexity index is 543. The topological polar surface area (TPSA) is 53.7 Å². The maximum atomic E-state index is 5.67. The second kappa shape index (κ2) is 7.40. The Morgan fingerprint density at radius 2 is 1.75 bits per heavy atom. The van der Waals surface area contributed by atoms with E-state index in [1.807, 2.05) is 42.5 Å². The van der Waals surface area contributed by atoms with E-state index in [0.29, 0.717) is 25.5 Å². The van der Waals surface area contributed by atoms with Crippen molar-refractivity contribution in [2.45, 2.75) is 6.61 Å². The van der Waals surface area contributed by atoms with E-state index in [0.717, 1.165) is 17.1 Å². The zero-order chi connectivity index (χ0) is 14.2. The summed E-state index contributed by atoms with van der Waals surface area (Å²) in [6.07, 6.45) is 0. The first-order valence-corrected chi connectivity index (χ1v) is 6.47. The predicted molar refractivity (Wildman–Crippen MR) is 79.0 cm³/mol. The molecule has 0 heterocycles. The summed E-state index contributed by atoms with van der Waals surface area (Å²) in [4.78, 5) is 0. The van der Waals surface area contributed by atoms with Crippen LogP contribution in [0.15, 0.2) is 48.5 Å². The van der Waals surface area contributed by atoms with Gasteiger partial charge in [-0.25, -0.2) is 0 Å². The highest BCUT2D eigenvalue weighted by Gasteiger charge is 1.97. The number of nitrogens with two attached hydrogens (primary N) is 1. The molecule has 0 atom stereocenters. The fourth-order valence-electron chi connectivity index (χ4n) is 1.78. The quantitative estimate of drug-likeness (QED) is 0.622. The molecule has 0 spiro atoms. The molecule has 2 rings (SSSR count). The molecule has 0 fully saturated rings. The Hall–Kier alpha value is -2.20. The first-order valence-electron chi connectivity index (χ1n) is 6.47. The summed E-state index contributed by atoms with van der Waals surface area (Å²) in [7, 11) is 1.65. The highest BCUT2D eigenvalue weighted by molar-refractivity contribution is 5.43. The highest BCUT2D eigenvalue weighted by Crippen LogP contribution is 2.15. The number of hydrogen-bond acceptors (Lipinski definition) is 4. The van der Waals surface area contributed by atoms with Crippen LogP contribution in [0.4, 0.5) is 5.69 Å². The first-order chi connectivity index (χ1) is 9.78. The smallest absolute Gasteiger partial charge is 0.121 e. The minimum Gasteiger partial charge on any atom is -0.497 e. The standard InChI is InChI=1S/C16H19NO3/c1-18-15-6-2-4-13(10-15)12-19-8-9-20-16-7-3-5-14(17)11-16/h2-7,10-11H,8-9,12,17H2,1H3.